The van der Waals surface area contributed by atoms with Crippen LogP contribution in [0.5, 0.6) is 0 Å². The summed E-state index contributed by atoms with van der Waals surface area (Å²) >= 11 is 0. The summed E-state index contributed by atoms with van der Waals surface area (Å²) < 4.78 is 0. The van der Waals surface area contributed by atoms with Crippen LogP contribution >= 0.6 is 0 Å². The number of nitrogens with two attached hydrogens (primary N) is 1. The van der Waals surface area contributed by atoms with Gasteiger partial charge in [-0.3, -0.25) is 4.90 Å². The van der Waals surface area contributed by atoms with E-state index in [1.165, 1.54) is 38.6 Å². The van der Waals surface area contributed by atoms with Crippen molar-refractivity contribution < 1.29 is 0 Å². The molecule has 1 aliphatic carbocycles. The maximum Gasteiger partial charge on any atom is 0.0221 e. The number of hydrogen-bond donors (Lipinski definition) is 1. The van der Waals surface area contributed by atoms with Gasteiger partial charge < -0.3 is 5.73 Å². The van der Waals surface area contributed by atoms with Crippen molar-refractivity contribution in [1.82, 2.24) is 4.90 Å². The smallest absolute Gasteiger partial charge is 0.0221 e. The Morgan fingerprint density at radius 2 is 2.00 bits per heavy atom. The molecule has 0 radical (unpaired) electrons. The van der Waals surface area contributed by atoms with E-state index in [0.717, 1.165) is 18.6 Å². The lowest BCUT2D eigenvalue weighted by Crippen LogP contribution is -2.45. The summed E-state index contributed by atoms with van der Waals surface area (Å²) in [5.74, 6) is 0. The normalized spacial score (nSPS) is 34.1. The molecule has 1 heterocycles. The molecule has 0 amide bonds. The van der Waals surface area contributed by atoms with Crippen LogP contribution in [0.15, 0.2) is 0 Å². The summed E-state index contributed by atoms with van der Waals surface area (Å²) in [4.78, 5) is 2.64. The van der Waals surface area contributed by atoms with E-state index >= 15 is 0 Å². The van der Waals surface area contributed by atoms with Crippen molar-refractivity contribution in [1.29, 1.82) is 0 Å². The van der Waals surface area contributed by atoms with Crippen LogP contribution < -0.4 is 5.73 Å². The molecule has 2 fully saturated rings. The fourth-order valence-electron chi connectivity index (χ4n) is 2.31. The molecule has 1 aliphatic heterocycles. The van der Waals surface area contributed by atoms with E-state index in [1.54, 1.807) is 0 Å². The second kappa shape index (κ2) is 3.11. The summed E-state index contributed by atoms with van der Waals surface area (Å²) in [5, 5.41) is 0. The Labute approximate surface area is 68.7 Å². The Kier molecular flexibility index (Phi) is 2.14. The van der Waals surface area contributed by atoms with Gasteiger partial charge in [0.2, 0.25) is 0 Å². The van der Waals surface area contributed by atoms with Crippen LogP contribution in [0.4, 0.5) is 0 Å². The number of hydrogen-bond acceptors (Lipinski definition) is 2. The van der Waals surface area contributed by atoms with Gasteiger partial charge >= 0.3 is 0 Å². The van der Waals surface area contributed by atoms with Crippen molar-refractivity contribution in [3.63, 3.8) is 0 Å². The SMILES string of the molecule is NC[C@@H]1CCCN1C1CCC1. The molecule has 0 unspecified atom stereocenters. The van der Waals surface area contributed by atoms with E-state index in [4.69, 9.17) is 5.73 Å². The van der Waals surface area contributed by atoms with Crippen molar-refractivity contribution in [3.8, 4) is 0 Å². The molecule has 2 N–H and O–H groups in total. The Hall–Kier alpha value is -0.0800. The van der Waals surface area contributed by atoms with E-state index < -0.39 is 0 Å². The lowest BCUT2D eigenvalue weighted by atomic mass is 9.91. The van der Waals surface area contributed by atoms with Crippen molar-refractivity contribution in [3.05, 3.63) is 0 Å². The first-order chi connectivity index (χ1) is 5.42. The third-order valence-corrected chi connectivity index (χ3v) is 3.24. The van der Waals surface area contributed by atoms with Crippen molar-refractivity contribution >= 4 is 0 Å². The fraction of sp³-hybridized carbons (Fsp3) is 1.00. The molecule has 2 heteroatoms. The predicted octanol–water partition coefficient (Wildman–Crippen LogP) is 0.962. The number of rotatable bonds is 2. The molecule has 1 saturated heterocycles. The third-order valence-electron chi connectivity index (χ3n) is 3.24. The average molecular weight is 154 g/mol. The predicted molar refractivity (Wildman–Crippen MR) is 46.4 cm³/mol. The van der Waals surface area contributed by atoms with Gasteiger partial charge in [-0.2, -0.15) is 0 Å². The van der Waals surface area contributed by atoms with Crippen LogP contribution in [-0.2, 0) is 0 Å². The van der Waals surface area contributed by atoms with E-state index in [0.29, 0.717) is 0 Å². The molecule has 11 heavy (non-hydrogen) atoms. The Morgan fingerprint density at radius 3 is 2.55 bits per heavy atom. The van der Waals surface area contributed by atoms with Gasteiger partial charge in [0.15, 0.2) is 0 Å². The molecule has 0 bridgehead atoms. The molecular weight excluding hydrogens is 136 g/mol. The van der Waals surface area contributed by atoms with Gasteiger partial charge in [-0.05, 0) is 32.2 Å². The zero-order chi connectivity index (χ0) is 7.68. The Balaban J connectivity index is 1.89. The van der Waals surface area contributed by atoms with E-state index in [9.17, 15) is 0 Å². The highest BCUT2D eigenvalue weighted by Gasteiger charge is 2.32. The molecule has 2 nitrogen and oxygen atoms in total. The van der Waals surface area contributed by atoms with Crippen molar-refractivity contribution in [2.75, 3.05) is 13.1 Å². The minimum absolute atomic E-state index is 0.722. The first kappa shape index (κ1) is 7.56. The minimum Gasteiger partial charge on any atom is -0.329 e. The summed E-state index contributed by atoms with van der Waals surface area (Å²) in [5.41, 5.74) is 5.70. The fourth-order valence-corrected chi connectivity index (χ4v) is 2.31. The number of nitrogens with zero attached hydrogens (tertiary/aromatic N) is 1. The van der Waals surface area contributed by atoms with Crippen LogP contribution in [0.3, 0.4) is 0 Å². The summed E-state index contributed by atoms with van der Waals surface area (Å²) in [6.45, 7) is 2.18. The largest absolute Gasteiger partial charge is 0.329 e. The monoisotopic (exact) mass is 154 g/mol. The molecule has 1 saturated carbocycles. The van der Waals surface area contributed by atoms with Crippen LogP contribution in [0.25, 0.3) is 0 Å². The molecule has 2 aliphatic rings. The summed E-state index contributed by atoms with van der Waals surface area (Å²) in [6.07, 6.45) is 7.01. The third kappa shape index (κ3) is 1.30. The standard InChI is InChI=1S/C9H18N2/c10-7-9-5-2-6-11(9)8-3-1-4-8/h8-9H,1-7,10H2/t9-/m0/s1. The summed E-state index contributed by atoms with van der Waals surface area (Å²) in [6, 6.07) is 1.63. The highest BCUT2D eigenvalue weighted by Crippen LogP contribution is 2.30. The summed E-state index contributed by atoms with van der Waals surface area (Å²) in [7, 11) is 0. The molecule has 0 spiro atoms. The topological polar surface area (TPSA) is 29.3 Å². The van der Waals surface area contributed by atoms with Crippen LogP contribution in [0.1, 0.15) is 32.1 Å². The first-order valence-electron chi connectivity index (χ1n) is 4.87. The zero-order valence-electron chi connectivity index (χ0n) is 7.13. The Bertz CT molecular complexity index is 132. The first-order valence-corrected chi connectivity index (χ1v) is 4.87. The van der Waals surface area contributed by atoms with Gasteiger partial charge in [0.25, 0.3) is 0 Å². The molecule has 0 aromatic heterocycles. The molecule has 1 atom stereocenters. The minimum atomic E-state index is 0.722. The highest BCUT2D eigenvalue weighted by molar-refractivity contribution is 4.89. The zero-order valence-corrected chi connectivity index (χ0v) is 7.13. The number of likely N-dealkylation sites (tertiary alicyclic amines) is 1. The Morgan fingerprint density at radius 1 is 1.18 bits per heavy atom. The maximum atomic E-state index is 5.70. The van der Waals surface area contributed by atoms with Crippen molar-refractivity contribution in [2.45, 2.75) is 44.2 Å². The van der Waals surface area contributed by atoms with Gasteiger partial charge in [-0.1, -0.05) is 6.42 Å². The van der Waals surface area contributed by atoms with Gasteiger partial charge in [0.05, 0.1) is 0 Å². The van der Waals surface area contributed by atoms with Crippen LogP contribution in [0.2, 0.25) is 0 Å². The highest BCUT2D eigenvalue weighted by atomic mass is 15.2. The lowest BCUT2D eigenvalue weighted by Gasteiger charge is -2.38. The quantitative estimate of drug-likeness (QED) is 0.642. The van der Waals surface area contributed by atoms with Gasteiger partial charge in [0, 0.05) is 18.6 Å². The molecule has 0 aromatic rings. The van der Waals surface area contributed by atoms with Gasteiger partial charge in [-0.15, -0.1) is 0 Å². The van der Waals surface area contributed by atoms with E-state index in [2.05, 4.69) is 4.90 Å². The van der Waals surface area contributed by atoms with Crippen molar-refractivity contribution in [2.24, 2.45) is 5.73 Å². The average Bonchev–Trinajstić information content (AvgIpc) is 2.32. The second-order valence-corrected chi connectivity index (χ2v) is 3.85. The maximum absolute atomic E-state index is 5.70. The lowest BCUT2D eigenvalue weighted by molar-refractivity contribution is 0.117. The van der Waals surface area contributed by atoms with Gasteiger partial charge in [-0.25, -0.2) is 0 Å². The molecule has 2 rings (SSSR count). The molecule has 64 valence electrons. The molecular formula is C9H18N2. The van der Waals surface area contributed by atoms with Crippen LogP contribution in [-0.4, -0.2) is 30.1 Å². The van der Waals surface area contributed by atoms with E-state index in [1.807, 2.05) is 0 Å². The second-order valence-electron chi connectivity index (χ2n) is 3.85. The van der Waals surface area contributed by atoms with Crippen LogP contribution in [0, 0.1) is 0 Å². The van der Waals surface area contributed by atoms with Gasteiger partial charge in [0.1, 0.15) is 0 Å². The molecule has 0 aromatic carbocycles. The van der Waals surface area contributed by atoms with E-state index in [-0.39, 0.29) is 0 Å².